The van der Waals surface area contributed by atoms with Crippen LogP contribution in [0.5, 0.6) is 0 Å². The molecule has 1 atom stereocenters. The molecular formula is C13H20N2O3S. The van der Waals surface area contributed by atoms with Gasteiger partial charge in [0, 0.05) is 12.8 Å². The number of para-hydroxylation sites is 2. The highest BCUT2D eigenvalue weighted by molar-refractivity contribution is 7.92. The van der Waals surface area contributed by atoms with E-state index in [0.717, 1.165) is 24.9 Å². The molecule has 6 heteroatoms. The third-order valence-electron chi connectivity index (χ3n) is 2.76. The fraction of sp³-hybridized carbons (Fsp3) is 0.462. The van der Waals surface area contributed by atoms with Crippen molar-refractivity contribution in [1.82, 2.24) is 0 Å². The van der Waals surface area contributed by atoms with Gasteiger partial charge in [0.15, 0.2) is 9.84 Å². The highest BCUT2D eigenvalue weighted by Crippen LogP contribution is 2.21. The molecule has 0 unspecified atom stereocenters. The Balaban J connectivity index is 2.85. The van der Waals surface area contributed by atoms with Crippen molar-refractivity contribution in [3.05, 3.63) is 24.3 Å². The lowest BCUT2D eigenvalue weighted by molar-refractivity contribution is -0.115. The molecule has 0 bridgehead atoms. The molecule has 106 valence electrons. The topological polar surface area (TPSA) is 75.3 Å². The molecule has 0 aliphatic carbocycles. The van der Waals surface area contributed by atoms with Crippen molar-refractivity contribution in [3.63, 3.8) is 0 Å². The van der Waals surface area contributed by atoms with Crippen LogP contribution in [0.25, 0.3) is 0 Å². The Morgan fingerprint density at radius 3 is 2.37 bits per heavy atom. The van der Waals surface area contributed by atoms with E-state index in [-0.39, 0.29) is 0 Å². The van der Waals surface area contributed by atoms with Gasteiger partial charge in [0.1, 0.15) is 5.25 Å². The SMILES string of the molecule is CCCNc1ccccc1NC(=O)[C@H](C)S(C)(=O)=O. The van der Waals surface area contributed by atoms with E-state index in [1.54, 1.807) is 12.1 Å². The Kier molecular flexibility index (Phi) is 5.35. The van der Waals surface area contributed by atoms with E-state index in [0.29, 0.717) is 5.69 Å². The molecule has 1 aromatic carbocycles. The molecule has 0 saturated heterocycles. The molecule has 0 aliphatic heterocycles. The van der Waals surface area contributed by atoms with Crippen LogP contribution in [-0.2, 0) is 14.6 Å². The monoisotopic (exact) mass is 284 g/mol. The lowest BCUT2D eigenvalue weighted by Crippen LogP contribution is -2.32. The van der Waals surface area contributed by atoms with E-state index in [9.17, 15) is 13.2 Å². The summed E-state index contributed by atoms with van der Waals surface area (Å²) < 4.78 is 22.7. The second-order valence-corrected chi connectivity index (χ2v) is 6.80. The van der Waals surface area contributed by atoms with Crippen LogP contribution in [0.1, 0.15) is 20.3 Å². The number of rotatable bonds is 6. The van der Waals surface area contributed by atoms with Crippen LogP contribution < -0.4 is 10.6 Å². The van der Waals surface area contributed by atoms with Gasteiger partial charge in [-0.3, -0.25) is 4.79 Å². The fourth-order valence-electron chi connectivity index (χ4n) is 1.43. The minimum absolute atomic E-state index is 0.520. The molecule has 19 heavy (non-hydrogen) atoms. The first-order valence-corrected chi connectivity index (χ1v) is 8.14. The molecule has 5 nitrogen and oxygen atoms in total. The highest BCUT2D eigenvalue weighted by atomic mass is 32.2. The van der Waals surface area contributed by atoms with Gasteiger partial charge in [0.2, 0.25) is 5.91 Å². The van der Waals surface area contributed by atoms with Gasteiger partial charge in [-0.05, 0) is 25.5 Å². The molecule has 1 amide bonds. The number of sulfone groups is 1. The number of anilines is 2. The Bertz CT molecular complexity index is 541. The van der Waals surface area contributed by atoms with Gasteiger partial charge in [0.05, 0.1) is 11.4 Å². The van der Waals surface area contributed by atoms with E-state index in [4.69, 9.17) is 0 Å². The smallest absolute Gasteiger partial charge is 0.242 e. The van der Waals surface area contributed by atoms with Crippen LogP contribution >= 0.6 is 0 Å². The number of nitrogens with one attached hydrogen (secondary N) is 2. The van der Waals surface area contributed by atoms with E-state index >= 15 is 0 Å². The molecule has 1 rings (SSSR count). The molecule has 0 spiro atoms. The largest absolute Gasteiger partial charge is 0.383 e. The Hall–Kier alpha value is -1.56. The fourth-order valence-corrected chi connectivity index (χ4v) is 1.88. The third kappa shape index (κ3) is 4.55. The van der Waals surface area contributed by atoms with Crippen molar-refractivity contribution < 1.29 is 13.2 Å². The standard InChI is InChI=1S/C13H20N2O3S/c1-4-9-14-11-7-5-6-8-12(11)15-13(16)10(2)19(3,17)18/h5-8,10,14H,4,9H2,1-3H3,(H,15,16)/t10-/m0/s1. The van der Waals surface area contributed by atoms with Gasteiger partial charge in [-0.25, -0.2) is 8.42 Å². The Morgan fingerprint density at radius 2 is 1.84 bits per heavy atom. The summed E-state index contributed by atoms with van der Waals surface area (Å²) in [6, 6.07) is 7.23. The van der Waals surface area contributed by atoms with Crippen molar-refractivity contribution in [3.8, 4) is 0 Å². The summed E-state index contributed by atoms with van der Waals surface area (Å²) in [6.07, 6.45) is 2.01. The van der Waals surface area contributed by atoms with Crippen molar-refractivity contribution >= 4 is 27.1 Å². The van der Waals surface area contributed by atoms with E-state index in [1.807, 2.05) is 19.1 Å². The minimum atomic E-state index is -3.38. The van der Waals surface area contributed by atoms with Gasteiger partial charge in [-0.15, -0.1) is 0 Å². The van der Waals surface area contributed by atoms with Gasteiger partial charge >= 0.3 is 0 Å². The quantitative estimate of drug-likeness (QED) is 0.836. The summed E-state index contributed by atoms with van der Waals surface area (Å²) >= 11 is 0. The van der Waals surface area contributed by atoms with Gasteiger partial charge in [-0.2, -0.15) is 0 Å². The zero-order chi connectivity index (χ0) is 14.5. The van der Waals surface area contributed by atoms with Crippen LogP contribution in [0.15, 0.2) is 24.3 Å². The number of hydrogen-bond donors (Lipinski definition) is 2. The lowest BCUT2D eigenvalue weighted by atomic mass is 10.2. The Morgan fingerprint density at radius 1 is 1.26 bits per heavy atom. The van der Waals surface area contributed by atoms with E-state index in [1.165, 1.54) is 6.92 Å². The van der Waals surface area contributed by atoms with Crippen molar-refractivity contribution in [2.24, 2.45) is 0 Å². The van der Waals surface area contributed by atoms with E-state index in [2.05, 4.69) is 10.6 Å². The second kappa shape index (κ2) is 6.56. The summed E-state index contributed by atoms with van der Waals surface area (Å²) in [5, 5.41) is 4.76. The van der Waals surface area contributed by atoms with Crippen LogP contribution in [0.4, 0.5) is 11.4 Å². The molecule has 0 aromatic heterocycles. The van der Waals surface area contributed by atoms with Gasteiger partial charge in [-0.1, -0.05) is 19.1 Å². The maximum absolute atomic E-state index is 11.9. The van der Waals surface area contributed by atoms with Crippen LogP contribution in [0.3, 0.4) is 0 Å². The van der Waals surface area contributed by atoms with Crippen LogP contribution in [0.2, 0.25) is 0 Å². The Labute approximate surface area is 114 Å². The van der Waals surface area contributed by atoms with Crippen LogP contribution in [0, 0.1) is 0 Å². The molecule has 0 radical (unpaired) electrons. The summed E-state index contributed by atoms with van der Waals surface area (Å²) in [4.78, 5) is 11.9. The summed E-state index contributed by atoms with van der Waals surface area (Å²) in [5.41, 5.74) is 1.38. The first kappa shape index (κ1) is 15.5. The predicted molar refractivity (Wildman–Crippen MR) is 78.2 cm³/mol. The predicted octanol–water partition coefficient (Wildman–Crippen LogP) is 1.88. The number of carbonyl (C=O) groups excluding carboxylic acids is 1. The number of hydrogen-bond acceptors (Lipinski definition) is 4. The molecule has 0 saturated carbocycles. The normalized spacial score (nSPS) is 12.8. The summed E-state index contributed by atoms with van der Waals surface area (Å²) in [7, 11) is -3.38. The van der Waals surface area contributed by atoms with Crippen molar-refractivity contribution in [2.45, 2.75) is 25.5 Å². The van der Waals surface area contributed by atoms with Crippen molar-refractivity contribution in [1.29, 1.82) is 0 Å². The number of carbonyl (C=O) groups is 1. The average Bonchev–Trinajstić information content (AvgIpc) is 2.35. The zero-order valence-corrected chi connectivity index (χ0v) is 12.3. The lowest BCUT2D eigenvalue weighted by Gasteiger charge is -2.14. The summed E-state index contributed by atoms with van der Waals surface area (Å²) in [5.74, 6) is -0.520. The zero-order valence-electron chi connectivity index (χ0n) is 11.4. The van der Waals surface area contributed by atoms with E-state index < -0.39 is 21.0 Å². The van der Waals surface area contributed by atoms with Gasteiger partial charge in [0.25, 0.3) is 0 Å². The van der Waals surface area contributed by atoms with Crippen molar-refractivity contribution in [2.75, 3.05) is 23.4 Å². The van der Waals surface area contributed by atoms with Gasteiger partial charge < -0.3 is 10.6 Å². The molecule has 0 heterocycles. The second-order valence-electron chi connectivity index (χ2n) is 4.43. The molecule has 0 fully saturated rings. The maximum Gasteiger partial charge on any atom is 0.242 e. The molecule has 1 aromatic rings. The maximum atomic E-state index is 11.9. The highest BCUT2D eigenvalue weighted by Gasteiger charge is 2.23. The summed E-state index contributed by atoms with van der Waals surface area (Å²) in [6.45, 7) is 4.21. The third-order valence-corrected chi connectivity index (χ3v) is 4.26. The van der Waals surface area contributed by atoms with Crippen LogP contribution in [-0.4, -0.2) is 32.4 Å². The molecular weight excluding hydrogens is 264 g/mol. The molecule has 2 N–H and O–H groups in total. The molecule has 0 aliphatic rings. The first-order chi connectivity index (χ1) is 8.86. The number of benzene rings is 1. The number of amides is 1. The first-order valence-electron chi connectivity index (χ1n) is 6.19. The minimum Gasteiger partial charge on any atom is -0.383 e. The average molecular weight is 284 g/mol.